The predicted molar refractivity (Wildman–Crippen MR) is 118 cm³/mol. The fourth-order valence-corrected chi connectivity index (χ4v) is 6.41. The minimum absolute atomic E-state index is 0. The topological polar surface area (TPSA) is 69.7 Å². The van der Waals surface area contributed by atoms with Gasteiger partial charge in [0.05, 0.1) is 0 Å². The smallest absolute Gasteiger partial charge is 0.244 e. The summed E-state index contributed by atoms with van der Waals surface area (Å²) in [5, 5.41) is 3.20. The molecule has 0 saturated carbocycles. The highest BCUT2D eigenvalue weighted by molar-refractivity contribution is 7.92. The van der Waals surface area contributed by atoms with Gasteiger partial charge in [0, 0.05) is 31.9 Å². The second-order valence-electron chi connectivity index (χ2n) is 8.62. The minimum atomic E-state index is -3.43. The summed E-state index contributed by atoms with van der Waals surface area (Å²) in [7, 11) is -3.43. The number of hydrogen-bond acceptors (Lipinski definition) is 5. The van der Waals surface area contributed by atoms with E-state index in [9.17, 15) is 13.2 Å². The van der Waals surface area contributed by atoms with Crippen molar-refractivity contribution < 1.29 is 13.2 Å². The Hall–Kier alpha value is -0.0800. The third-order valence-corrected chi connectivity index (χ3v) is 8.75. The van der Waals surface area contributed by atoms with Gasteiger partial charge in [-0.25, -0.2) is 8.42 Å². The molecule has 9 heteroatoms. The van der Waals surface area contributed by atoms with Gasteiger partial charge in [-0.3, -0.25) is 4.79 Å². The Bertz CT molecular complexity index is 612. The van der Waals surface area contributed by atoms with Gasteiger partial charge in [-0.2, -0.15) is 0 Å². The van der Waals surface area contributed by atoms with Crippen molar-refractivity contribution in [3.63, 3.8) is 0 Å². The minimum Gasteiger partial charge on any atom is -0.341 e. The summed E-state index contributed by atoms with van der Waals surface area (Å²) in [4.78, 5) is 17.8. The average molecular weight is 458 g/mol. The lowest BCUT2D eigenvalue weighted by Crippen LogP contribution is -2.60. The van der Waals surface area contributed by atoms with Gasteiger partial charge in [0.1, 0.15) is 0 Å². The number of carbonyl (C=O) groups excluding carboxylic acids is 1. The van der Waals surface area contributed by atoms with Crippen molar-refractivity contribution in [1.29, 1.82) is 0 Å². The van der Waals surface area contributed by atoms with E-state index < -0.39 is 14.6 Å². The van der Waals surface area contributed by atoms with Crippen molar-refractivity contribution >= 4 is 40.6 Å². The van der Waals surface area contributed by atoms with Gasteiger partial charge in [-0.05, 0) is 71.0 Å². The van der Waals surface area contributed by atoms with E-state index in [4.69, 9.17) is 0 Å². The molecule has 0 radical (unpaired) electrons. The average Bonchev–Trinajstić information content (AvgIpc) is 2.63. The molecule has 3 rings (SSSR count). The van der Waals surface area contributed by atoms with Crippen LogP contribution in [0.15, 0.2) is 0 Å². The molecule has 0 aromatic heterocycles. The number of nitrogens with one attached hydrogen (secondary N) is 1. The molecule has 2 unspecified atom stereocenters. The Morgan fingerprint density at radius 1 is 1.07 bits per heavy atom. The lowest BCUT2D eigenvalue weighted by atomic mass is 9.91. The zero-order valence-electron chi connectivity index (χ0n) is 17.2. The van der Waals surface area contributed by atoms with Gasteiger partial charge in [0.2, 0.25) is 5.91 Å². The number of rotatable bonds is 4. The highest BCUT2D eigenvalue weighted by Crippen LogP contribution is 2.32. The Kier molecular flexibility index (Phi) is 10.0. The van der Waals surface area contributed by atoms with Crippen LogP contribution in [-0.2, 0) is 14.6 Å². The zero-order valence-corrected chi connectivity index (χ0v) is 19.6. The zero-order chi connectivity index (χ0) is 18.8. The maximum absolute atomic E-state index is 13.3. The monoisotopic (exact) mass is 457 g/mol. The van der Waals surface area contributed by atoms with E-state index in [1.807, 2.05) is 4.90 Å². The number of carbonyl (C=O) groups is 1. The predicted octanol–water partition coefficient (Wildman–Crippen LogP) is 2.11. The Morgan fingerprint density at radius 2 is 1.75 bits per heavy atom. The standard InChI is InChI=1S/C19H35N3O3S.2ClH/c1-16-6-3-4-12-21(16)14-17-7-5-13-22(15-17)18(23)19(26(2,24)25)8-10-20-11-9-19;;/h16-17,20H,3-15H2,1-2H3;2*1H. The van der Waals surface area contributed by atoms with E-state index in [1.54, 1.807) is 0 Å². The van der Waals surface area contributed by atoms with Crippen molar-refractivity contribution in [2.75, 3.05) is 45.5 Å². The van der Waals surface area contributed by atoms with Gasteiger partial charge in [0.15, 0.2) is 14.6 Å². The van der Waals surface area contributed by atoms with Crippen molar-refractivity contribution in [1.82, 2.24) is 15.1 Å². The normalized spacial score (nSPS) is 28.7. The number of sulfone groups is 1. The summed E-state index contributed by atoms with van der Waals surface area (Å²) in [5.74, 6) is 0.324. The molecule has 3 saturated heterocycles. The van der Waals surface area contributed by atoms with Crippen molar-refractivity contribution in [3.8, 4) is 0 Å². The molecule has 3 heterocycles. The molecule has 3 fully saturated rings. The van der Waals surface area contributed by atoms with Crippen molar-refractivity contribution in [2.45, 2.75) is 62.7 Å². The first-order valence-corrected chi connectivity index (χ1v) is 12.2. The second kappa shape index (κ2) is 10.8. The quantitative estimate of drug-likeness (QED) is 0.699. The Morgan fingerprint density at radius 3 is 2.36 bits per heavy atom. The Labute approximate surface area is 182 Å². The Balaban J connectivity index is 0.00000196. The van der Waals surface area contributed by atoms with Gasteiger partial charge < -0.3 is 15.1 Å². The fourth-order valence-electron chi connectivity index (χ4n) is 5.02. The summed E-state index contributed by atoms with van der Waals surface area (Å²) < 4.78 is 23.9. The lowest BCUT2D eigenvalue weighted by molar-refractivity contribution is -0.136. The molecule has 0 aliphatic carbocycles. The molecule has 0 spiro atoms. The number of hydrogen-bond donors (Lipinski definition) is 1. The van der Waals surface area contributed by atoms with Crippen LogP contribution < -0.4 is 5.32 Å². The number of nitrogens with zero attached hydrogens (tertiary/aromatic N) is 2. The molecule has 28 heavy (non-hydrogen) atoms. The highest BCUT2D eigenvalue weighted by Gasteiger charge is 2.51. The number of amides is 1. The van der Waals surface area contributed by atoms with Crippen molar-refractivity contribution in [2.24, 2.45) is 5.92 Å². The third-order valence-electron chi connectivity index (χ3n) is 6.75. The maximum atomic E-state index is 13.3. The molecular weight excluding hydrogens is 421 g/mol. The number of likely N-dealkylation sites (tertiary alicyclic amines) is 2. The van der Waals surface area contributed by atoms with Gasteiger partial charge in [-0.1, -0.05) is 6.42 Å². The molecule has 3 aliphatic rings. The van der Waals surface area contributed by atoms with Crippen LogP contribution in [0.3, 0.4) is 0 Å². The molecule has 6 nitrogen and oxygen atoms in total. The van der Waals surface area contributed by atoms with Crippen LogP contribution >= 0.6 is 24.8 Å². The highest BCUT2D eigenvalue weighted by atomic mass is 35.5. The third kappa shape index (κ3) is 5.54. The summed E-state index contributed by atoms with van der Waals surface area (Å²) in [6, 6.07) is 0.626. The van der Waals surface area contributed by atoms with E-state index in [0.29, 0.717) is 51.0 Å². The van der Waals surface area contributed by atoms with Crippen LogP contribution in [-0.4, -0.2) is 80.4 Å². The molecule has 166 valence electrons. The van der Waals surface area contributed by atoms with Gasteiger partial charge in [-0.15, -0.1) is 24.8 Å². The second-order valence-corrected chi connectivity index (χ2v) is 10.9. The SMILES string of the molecule is CC1CCCCN1CC1CCCN(C(=O)C2(S(C)(=O)=O)CCNCC2)C1.Cl.Cl. The molecular formula is C19H37Cl2N3O3S. The first-order valence-electron chi connectivity index (χ1n) is 10.3. The molecule has 0 aromatic rings. The van der Waals surface area contributed by atoms with Crippen LogP contribution in [0.25, 0.3) is 0 Å². The summed E-state index contributed by atoms with van der Waals surface area (Å²) >= 11 is 0. The summed E-state index contributed by atoms with van der Waals surface area (Å²) in [6.45, 7) is 7.12. The van der Waals surface area contributed by atoms with Crippen LogP contribution in [0, 0.1) is 5.92 Å². The summed E-state index contributed by atoms with van der Waals surface area (Å²) in [5.41, 5.74) is 0. The lowest BCUT2D eigenvalue weighted by Gasteiger charge is -2.43. The van der Waals surface area contributed by atoms with Gasteiger partial charge in [0.25, 0.3) is 0 Å². The molecule has 2 atom stereocenters. The van der Waals surface area contributed by atoms with Gasteiger partial charge >= 0.3 is 0 Å². The van der Waals surface area contributed by atoms with Crippen LogP contribution in [0.1, 0.15) is 51.9 Å². The van der Waals surface area contributed by atoms with E-state index >= 15 is 0 Å². The first-order chi connectivity index (χ1) is 12.3. The maximum Gasteiger partial charge on any atom is 0.244 e. The molecule has 1 N–H and O–H groups in total. The van der Waals surface area contributed by atoms with E-state index in [2.05, 4.69) is 17.1 Å². The number of piperidine rings is 3. The van der Waals surface area contributed by atoms with E-state index in [-0.39, 0.29) is 30.7 Å². The molecule has 0 bridgehead atoms. The van der Waals surface area contributed by atoms with E-state index in [0.717, 1.165) is 25.9 Å². The molecule has 3 aliphatic heterocycles. The largest absolute Gasteiger partial charge is 0.341 e. The molecule has 0 aromatic carbocycles. The first kappa shape index (κ1) is 26.0. The number of halogens is 2. The van der Waals surface area contributed by atoms with Crippen LogP contribution in [0.2, 0.25) is 0 Å². The molecule has 1 amide bonds. The van der Waals surface area contributed by atoms with Crippen LogP contribution in [0.4, 0.5) is 0 Å². The fraction of sp³-hybridized carbons (Fsp3) is 0.947. The summed E-state index contributed by atoms with van der Waals surface area (Å²) in [6.07, 6.45) is 8.01. The van der Waals surface area contributed by atoms with Crippen LogP contribution in [0.5, 0.6) is 0 Å². The van der Waals surface area contributed by atoms with E-state index in [1.165, 1.54) is 25.5 Å². The van der Waals surface area contributed by atoms with Crippen molar-refractivity contribution in [3.05, 3.63) is 0 Å².